The molecule has 2 atom stereocenters. The minimum Gasteiger partial charge on any atom is -0.464 e. The largest absolute Gasteiger partial charge is 0.464 e. The number of rotatable bonds is 12. The Bertz CT molecular complexity index is 1330. The normalized spacial score (nSPS) is 18.7. The first kappa shape index (κ1) is 34.7. The maximum absolute atomic E-state index is 13.4. The molecule has 2 aromatic rings. The van der Waals surface area contributed by atoms with E-state index in [1.54, 1.807) is 6.92 Å². The Morgan fingerprint density at radius 2 is 1.70 bits per heavy atom. The van der Waals surface area contributed by atoms with Gasteiger partial charge in [-0.1, -0.05) is 97.7 Å². The van der Waals surface area contributed by atoms with E-state index in [1.807, 2.05) is 18.2 Å². The molecule has 2 aromatic carbocycles. The predicted octanol–water partition coefficient (Wildman–Crippen LogP) is 8.91. The highest BCUT2D eigenvalue weighted by atomic mass is 35.5. The van der Waals surface area contributed by atoms with Gasteiger partial charge in [0.15, 0.2) is 5.12 Å². The van der Waals surface area contributed by atoms with Crippen molar-refractivity contribution in [1.29, 1.82) is 0 Å². The van der Waals surface area contributed by atoms with Crippen LogP contribution < -0.4 is 5.32 Å². The molecule has 5 nitrogen and oxygen atoms in total. The SMILES string of the molecule is CCOC(=O)C(CCSC(=O)CC(C)=C(C(=C1CC(C)(C)CCC1CC)c1ccccc1)c1ccc(Cl)cc1)NC(C)=O. The van der Waals surface area contributed by atoms with Crippen molar-refractivity contribution in [3.8, 4) is 0 Å². The number of hydrogen-bond donors (Lipinski definition) is 1. The van der Waals surface area contributed by atoms with E-state index in [-0.39, 0.29) is 29.5 Å². The number of nitrogens with one attached hydrogen (secondary N) is 1. The third-order valence-corrected chi connectivity index (χ3v) is 9.20. The highest BCUT2D eigenvalue weighted by Gasteiger charge is 2.33. The molecule has 1 N–H and O–H groups in total. The summed E-state index contributed by atoms with van der Waals surface area (Å²) >= 11 is 7.51. The number of ether oxygens (including phenoxy) is 1. The van der Waals surface area contributed by atoms with Crippen LogP contribution in [-0.4, -0.2) is 35.4 Å². The lowest BCUT2D eigenvalue weighted by Crippen LogP contribution is -2.41. The van der Waals surface area contributed by atoms with Crippen LogP contribution in [-0.2, 0) is 19.1 Å². The van der Waals surface area contributed by atoms with Gasteiger partial charge < -0.3 is 10.1 Å². The Morgan fingerprint density at radius 1 is 1.02 bits per heavy atom. The van der Waals surface area contributed by atoms with E-state index in [2.05, 4.69) is 69.4 Å². The molecule has 0 spiro atoms. The standard InChI is InChI=1S/C36H46ClNO4S/c1-7-26-18-20-36(5,6)23-30(26)34(27-12-10-9-11-13-27)33(28-14-16-29(37)17-15-28)24(3)22-32(40)43-21-19-31(38-25(4)39)35(41)42-8-2/h9-17,26,31H,7-8,18-23H2,1-6H3,(H,38,39). The van der Waals surface area contributed by atoms with Gasteiger partial charge in [-0.3, -0.25) is 9.59 Å². The molecule has 7 heteroatoms. The Kier molecular flexibility index (Phi) is 13.1. The van der Waals surface area contributed by atoms with Gasteiger partial charge in [0.25, 0.3) is 0 Å². The van der Waals surface area contributed by atoms with Crippen molar-refractivity contribution in [2.75, 3.05) is 12.4 Å². The highest BCUT2D eigenvalue weighted by Crippen LogP contribution is 2.49. The van der Waals surface area contributed by atoms with E-state index >= 15 is 0 Å². The fraction of sp³-hybridized carbons (Fsp3) is 0.472. The number of benzene rings is 2. The second kappa shape index (κ2) is 16.3. The molecule has 0 bridgehead atoms. The van der Waals surface area contributed by atoms with Gasteiger partial charge in [-0.05, 0) is 91.7 Å². The summed E-state index contributed by atoms with van der Waals surface area (Å²) in [5.74, 6) is 0.0765. The van der Waals surface area contributed by atoms with Gasteiger partial charge in [0, 0.05) is 24.1 Å². The molecule has 0 aliphatic heterocycles. The second-order valence-corrected chi connectivity index (χ2v) is 13.7. The summed E-state index contributed by atoms with van der Waals surface area (Å²) in [5, 5.41) is 3.33. The van der Waals surface area contributed by atoms with Crippen molar-refractivity contribution >= 4 is 51.5 Å². The van der Waals surface area contributed by atoms with Crippen LogP contribution in [0.4, 0.5) is 0 Å². The van der Waals surface area contributed by atoms with E-state index in [1.165, 1.54) is 36.3 Å². The zero-order chi connectivity index (χ0) is 31.6. The number of thioether (sulfide) groups is 1. The summed E-state index contributed by atoms with van der Waals surface area (Å²) in [4.78, 5) is 37.3. The van der Waals surface area contributed by atoms with E-state index in [0.717, 1.165) is 41.5 Å². The Morgan fingerprint density at radius 3 is 2.30 bits per heavy atom. The molecule has 0 radical (unpaired) electrons. The van der Waals surface area contributed by atoms with Crippen molar-refractivity contribution in [1.82, 2.24) is 5.32 Å². The van der Waals surface area contributed by atoms with Gasteiger partial charge in [0.1, 0.15) is 6.04 Å². The van der Waals surface area contributed by atoms with Crippen molar-refractivity contribution < 1.29 is 19.1 Å². The van der Waals surface area contributed by atoms with Gasteiger partial charge in [0.2, 0.25) is 5.91 Å². The Balaban J connectivity index is 2.03. The summed E-state index contributed by atoms with van der Waals surface area (Å²) in [6.45, 7) is 12.4. The molecule has 1 aliphatic carbocycles. The molecule has 3 rings (SSSR count). The zero-order valence-corrected chi connectivity index (χ0v) is 28.0. The number of halogens is 1. The molecule has 1 fully saturated rings. The predicted molar refractivity (Wildman–Crippen MR) is 180 cm³/mol. The number of carbonyl (C=O) groups is 3. The van der Waals surface area contributed by atoms with Crippen LogP contribution in [0.2, 0.25) is 5.02 Å². The molecule has 0 aromatic heterocycles. The number of hydrogen-bond acceptors (Lipinski definition) is 5. The van der Waals surface area contributed by atoms with Gasteiger partial charge >= 0.3 is 5.97 Å². The first-order valence-corrected chi connectivity index (χ1v) is 16.7. The van der Waals surface area contributed by atoms with Crippen molar-refractivity contribution in [3.63, 3.8) is 0 Å². The van der Waals surface area contributed by atoms with Gasteiger partial charge in [-0.25, -0.2) is 4.79 Å². The Hall–Kier alpha value is -2.83. The Labute approximate surface area is 266 Å². The average Bonchev–Trinajstić information content (AvgIpc) is 2.96. The van der Waals surface area contributed by atoms with Crippen molar-refractivity contribution in [2.24, 2.45) is 11.3 Å². The lowest BCUT2D eigenvalue weighted by Gasteiger charge is -2.39. The van der Waals surface area contributed by atoms with Crippen LogP contribution in [0, 0.1) is 11.3 Å². The number of esters is 1. The third kappa shape index (κ3) is 10.1. The van der Waals surface area contributed by atoms with Crippen molar-refractivity contribution in [2.45, 2.75) is 86.1 Å². The average molecular weight is 624 g/mol. The fourth-order valence-corrected chi connectivity index (χ4v) is 6.96. The zero-order valence-electron chi connectivity index (χ0n) is 26.4. The number of carbonyl (C=O) groups excluding carboxylic acids is 3. The van der Waals surface area contributed by atoms with E-state index < -0.39 is 12.0 Å². The monoisotopic (exact) mass is 623 g/mol. The molecule has 1 saturated carbocycles. The van der Waals surface area contributed by atoms with Gasteiger partial charge in [-0.2, -0.15) is 0 Å². The topological polar surface area (TPSA) is 72.5 Å². The van der Waals surface area contributed by atoms with Crippen LogP contribution in [0.15, 0.2) is 65.7 Å². The lowest BCUT2D eigenvalue weighted by molar-refractivity contribution is -0.147. The fourth-order valence-electron chi connectivity index (χ4n) is 5.93. The first-order valence-electron chi connectivity index (χ1n) is 15.3. The first-order chi connectivity index (χ1) is 20.5. The number of allylic oxidation sites excluding steroid dienone is 4. The third-order valence-electron chi connectivity index (χ3n) is 8.05. The summed E-state index contributed by atoms with van der Waals surface area (Å²) in [7, 11) is 0. The molecular weight excluding hydrogens is 578 g/mol. The quantitative estimate of drug-likeness (QED) is 0.239. The van der Waals surface area contributed by atoms with Crippen LogP contribution in [0.25, 0.3) is 11.1 Å². The molecule has 2 unspecified atom stereocenters. The maximum Gasteiger partial charge on any atom is 0.328 e. The second-order valence-electron chi connectivity index (χ2n) is 12.1. The van der Waals surface area contributed by atoms with E-state index in [9.17, 15) is 14.4 Å². The minimum absolute atomic E-state index is 0.0165. The molecule has 1 aliphatic rings. The molecule has 1 amide bonds. The lowest BCUT2D eigenvalue weighted by atomic mass is 9.66. The maximum atomic E-state index is 13.4. The van der Waals surface area contributed by atoms with Crippen LogP contribution in [0.1, 0.15) is 91.2 Å². The summed E-state index contributed by atoms with van der Waals surface area (Å²) < 4.78 is 5.10. The minimum atomic E-state index is -0.769. The van der Waals surface area contributed by atoms with Crippen LogP contribution in [0.5, 0.6) is 0 Å². The molecular formula is C36H46ClNO4S. The molecule has 0 heterocycles. The van der Waals surface area contributed by atoms with E-state index in [0.29, 0.717) is 23.1 Å². The van der Waals surface area contributed by atoms with Crippen LogP contribution in [0.3, 0.4) is 0 Å². The molecule has 0 saturated heterocycles. The van der Waals surface area contributed by atoms with Gasteiger partial charge in [0.05, 0.1) is 6.61 Å². The smallest absolute Gasteiger partial charge is 0.328 e. The van der Waals surface area contributed by atoms with Crippen molar-refractivity contribution in [3.05, 3.63) is 81.9 Å². The summed E-state index contributed by atoms with van der Waals surface area (Å²) in [6, 6.07) is 17.7. The number of amides is 1. The van der Waals surface area contributed by atoms with E-state index in [4.69, 9.17) is 16.3 Å². The highest BCUT2D eigenvalue weighted by molar-refractivity contribution is 8.13. The molecule has 232 valence electrons. The van der Waals surface area contributed by atoms with Gasteiger partial charge in [-0.15, -0.1) is 0 Å². The summed E-state index contributed by atoms with van der Waals surface area (Å²) in [6.07, 6.45) is 4.98. The molecule has 43 heavy (non-hydrogen) atoms. The summed E-state index contributed by atoms with van der Waals surface area (Å²) in [5.41, 5.74) is 7.16. The van der Waals surface area contributed by atoms with Crippen LogP contribution >= 0.6 is 23.4 Å².